The predicted octanol–water partition coefficient (Wildman–Crippen LogP) is 1.33. The van der Waals surface area contributed by atoms with Gasteiger partial charge in [0.25, 0.3) is 5.95 Å². The molecule has 106 valence electrons. The van der Waals surface area contributed by atoms with Crippen molar-refractivity contribution in [1.82, 2.24) is 24.7 Å². The molecule has 0 radical (unpaired) electrons. The fraction of sp³-hybridized carbons (Fsp3) is 0.500. The minimum atomic E-state index is 0.175. The van der Waals surface area contributed by atoms with Gasteiger partial charge in [-0.3, -0.25) is 0 Å². The van der Waals surface area contributed by atoms with Crippen LogP contribution < -0.4 is 4.90 Å². The highest BCUT2D eigenvalue weighted by Gasteiger charge is 2.21. The van der Waals surface area contributed by atoms with Crippen LogP contribution in [-0.2, 0) is 4.74 Å². The van der Waals surface area contributed by atoms with Gasteiger partial charge >= 0.3 is 0 Å². The Kier molecular flexibility index (Phi) is 3.79. The smallest absolute Gasteiger partial charge is 0.256 e. The van der Waals surface area contributed by atoms with Gasteiger partial charge in [-0.15, -0.1) is 0 Å². The average molecular weight is 295 g/mol. The highest BCUT2D eigenvalue weighted by molar-refractivity contribution is 6.28. The number of piperidine rings is 1. The van der Waals surface area contributed by atoms with Gasteiger partial charge in [0.05, 0.1) is 6.10 Å². The molecule has 2 aromatic heterocycles. The maximum absolute atomic E-state index is 5.99. The molecule has 1 saturated heterocycles. The van der Waals surface area contributed by atoms with Crippen LogP contribution in [0.25, 0.3) is 5.95 Å². The van der Waals surface area contributed by atoms with Crippen molar-refractivity contribution >= 4 is 17.5 Å². The summed E-state index contributed by atoms with van der Waals surface area (Å²) < 4.78 is 6.93. The van der Waals surface area contributed by atoms with E-state index in [9.17, 15) is 0 Å². The van der Waals surface area contributed by atoms with E-state index in [1.165, 1.54) is 0 Å². The van der Waals surface area contributed by atoms with Crippen LogP contribution in [0.15, 0.2) is 18.5 Å². The van der Waals surface area contributed by atoms with Gasteiger partial charge in [-0.25, -0.2) is 4.68 Å². The van der Waals surface area contributed by atoms with E-state index in [0.29, 0.717) is 18.0 Å². The zero-order valence-electron chi connectivity index (χ0n) is 11.1. The number of aromatic nitrogens is 5. The summed E-state index contributed by atoms with van der Waals surface area (Å²) in [6, 6.07) is 1.81. The van der Waals surface area contributed by atoms with E-state index >= 15 is 0 Å². The molecule has 7 nitrogen and oxygen atoms in total. The zero-order valence-corrected chi connectivity index (χ0v) is 11.9. The monoisotopic (exact) mass is 294 g/mol. The van der Waals surface area contributed by atoms with E-state index in [-0.39, 0.29) is 5.28 Å². The Balaban J connectivity index is 1.83. The van der Waals surface area contributed by atoms with Gasteiger partial charge in [0.1, 0.15) is 0 Å². The lowest BCUT2D eigenvalue weighted by Gasteiger charge is -2.31. The molecule has 3 rings (SSSR count). The topological polar surface area (TPSA) is 69.0 Å². The van der Waals surface area contributed by atoms with Gasteiger partial charge in [0.15, 0.2) is 0 Å². The summed E-state index contributed by atoms with van der Waals surface area (Å²) in [6.45, 7) is 1.69. The second-order valence-electron chi connectivity index (χ2n) is 4.58. The first-order chi connectivity index (χ1) is 9.76. The lowest BCUT2D eigenvalue weighted by atomic mass is 10.1. The molecule has 3 heterocycles. The van der Waals surface area contributed by atoms with Gasteiger partial charge in [-0.1, -0.05) is 0 Å². The van der Waals surface area contributed by atoms with Crippen LogP contribution in [0.1, 0.15) is 12.8 Å². The third-order valence-electron chi connectivity index (χ3n) is 3.35. The summed E-state index contributed by atoms with van der Waals surface area (Å²) in [5, 5.41) is 4.28. The Morgan fingerprint density at radius 2 is 1.95 bits per heavy atom. The fourth-order valence-corrected chi connectivity index (χ4v) is 2.40. The SMILES string of the molecule is COC1CCN(c2nc(Cl)nc(-n3cccn3)n2)CC1. The minimum absolute atomic E-state index is 0.175. The van der Waals surface area contributed by atoms with Crippen molar-refractivity contribution in [3.05, 3.63) is 23.7 Å². The van der Waals surface area contributed by atoms with Gasteiger partial charge in [-0.05, 0) is 30.5 Å². The van der Waals surface area contributed by atoms with E-state index in [1.807, 2.05) is 0 Å². The lowest BCUT2D eigenvalue weighted by molar-refractivity contribution is 0.0816. The van der Waals surface area contributed by atoms with Crippen molar-refractivity contribution in [1.29, 1.82) is 0 Å². The summed E-state index contributed by atoms with van der Waals surface area (Å²) in [5.74, 6) is 1.02. The lowest BCUT2D eigenvalue weighted by Crippen LogP contribution is -2.37. The number of rotatable bonds is 3. The third-order valence-corrected chi connectivity index (χ3v) is 3.52. The molecule has 20 heavy (non-hydrogen) atoms. The van der Waals surface area contributed by atoms with Gasteiger partial charge in [0.2, 0.25) is 11.2 Å². The standard InChI is InChI=1S/C12H15ClN6O/c1-20-9-3-7-18(8-4-9)11-15-10(13)16-12(17-11)19-6-2-5-14-19/h2,5-6,9H,3-4,7-8H2,1H3. The zero-order chi connectivity index (χ0) is 13.9. The van der Waals surface area contributed by atoms with Gasteiger partial charge in [0, 0.05) is 32.6 Å². The highest BCUT2D eigenvalue weighted by atomic mass is 35.5. The molecule has 1 fully saturated rings. The molecule has 1 aliphatic heterocycles. The summed E-state index contributed by atoms with van der Waals surface area (Å²) in [4.78, 5) is 14.8. The number of ether oxygens (including phenoxy) is 1. The van der Waals surface area contributed by atoms with E-state index in [2.05, 4.69) is 25.0 Å². The first-order valence-electron chi connectivity index (χ1n) is 6.45. The molecular formula is C12H15ClN6O. The summed E-state index contributed by atoms with van der Waals surface area (Å²) >= 11 is 5.99. The van der Waals surface area contributed by atoms with Crippen LogP contribution in [0.4, 0.5) is 5.95 Å². The first-order valence-corrected chi connectivity index (χ1v) is 6.83. The Morgan fingerprint density at radius 3 is 2.60 bits per heavy atom. The first kappa shape index (κ1) is 13.3. The third kappa shape index (κ3) is 2.73. The second-order valence-corrected chi connectivity index (χ2v) is 4.92. The van der Waals surface area contributed by atoms with E-state index in [4.69, 9.17) is 16.3 Å². The average Bonchev–Trinajstić information content (AvgIpc) is 3.01. The maximum Gasteiger partial charge on any atom is 0.256 e. The second kappa shape index (κ2) is 5.72. The molecule has 0 bridgehead atoms. The van der Waals surface area contributed by atoms with Crippen LogP contribution in [0.5, 0.6) is 0 Å². The van der Waals surface area contributed by atoms with Crippen LogP contribution in [0.2, 0.25) is 5.28 Å². The molecule has 0 atom stereocenters. The number of methoxy groups -OCH3 is 1. The molecule has 0 aromatic carbocycles. The summed E-state index contributed by atoms with van der Waals surface area (Å²) in [6.07, 6.45) is 5.66. The van der Waals surface area contributed by atoms with Gasteiger partial charge in [-0.2, -0.15) is 20.1 Å². The van der Waals surface area contributed by atoms with Crippen molar-refractivity contribution in [3.8, 4) is 5.95 Å². The van der Waals surface area contributed by atoms with Crippen LogP contribution in [0, 0.1) is 0 Å². The van der Waals surface area contributed by atoms with Crippen molar-refractivity contribution < 1.29 is 4.74 Å². The predicted molar refractivity (Wildman–Crippen MR) is 74.2 cm³/mol. The number of nitrogens with zero attached hydrogens (tertiary/aromatic N) is 6. The minimum Gasteiger partial charge on any atom is -0.381 e. The molecular weight excluding hydrogens is 280 g/mol. The van der Waals surface area contributed by atoms with Crippen molar-refractivity contribution in [3.63, 3.8) is 0 Å². The van der Waals surface area contributed by atoms with Gasteiger partial charge < -0.3 is 9.64 Å². The van der Waals surface area contributed by atoms with Crippen molar-refractivity contribution in [2.75, 3.05) is 25.1 Å². The van der Waals surface area contributed by atoms with Crippen molar-refractivity contribution in [2.24, 2.45) is 0 Å². The van der Waals surface area contributed by atoms with Crippen LogP contribution >= 0.6 is 11.6 Å². The molecule has 0 aliphatic carbocycles. The number of hydrogen-bond acceptors (Lipinski definition) is 6. The molecule has 8 heteroatoms. The van der Waals surface area contributed by atoms with Crippen LogP contribution in [0.3, 0.4) is 0 Å². The number of anilines is 1. The normalized spacial score (nSPS) is 16.6. The molecule has 1 aliphatic rings. The van der Waals surface area contributed by atoms with Crippen molar-refractivity contribution in [2.45, 2.75) is 18.9 Å². The fourth-order valence-electron chi connectivity index (χ4n) is 2.25. The molecule has 0 amide bonds. The maximum atomic E-state index is 5.99. The van der Waals surface area contributed by atoms with E-state index in [1.54, 1.807) is 30.3 Å². The number of halogens is 1. The number of hydrogen-bond donors (Lipinski definition) is 0. The molecule has 0 saturated carbocycles. The highest BCUT2D eigenvalue weighted by Crippen LogP contribution is 2.19. The Morgan fingerprint density at radius 1 is 1.20 bits per heavy atom. The Hall–Kier alpha value is -1.73. The van der Waals surface area contributed by atoms with E-state index < -0.39 is 0 Å². The Labute approximate surface area is 121 Å². The Bertz CT molecular complexity index is 567. The van der Waals surface area contributed by atoms with E-state index in [0.717, 1.165) is 25.9 Å². The molecule has 0 spiro atoms. The quantitative estimate of drug-likeness (QED) is 0.850. The molecule has 0 unspecified atom stereocenters. The van der Waals surface area contributed by atoms with Crippen LogP contribution in [-0.4, -0.2) is 51.0 Å². The molecule has 2 aromatic rings. The summed E-state index contributed by atoms with van der Waals surface area (Å²) in [5.41, 5.74) is 0. The largest absolute Gasteiger partial charge is 0.381 e. The molecule has 0 N–H and O–H groups in total. The summed E-state index contributed by atoms with van der Waals surface area (Å²) in [7, 11) is 1.75.